The lowest BCUT2D eigenvalue weighted by Gasteiger charge is -2.43. The molecule has 20 heavy (non-hydrogen) atoms. The van der Waals surface area contributed by atoms with Gasteiger partial charge in [-0.1, -0.05) is 25.8 Å². The smallest absolute Gasteiger partial charge is 0.0410 e. The second kappa shape index (κ2) is 7.06. The highest BCUT2D eigenvalue weighted by atomic mass is 32.1. The van der Waals surface area contributed by atoms with Gasteiger partial charge in [-0.2, -0.15) is 0 Å². The summed E-state index contributed by atoms with van der Waals surface area (Å²) >= 11 is 1.88. The van der Waals surface area contributed by atoms with E-state index >= 15 is 0 Å². The number of hydrogen-bond acceptors (Lipinski definition) is 3. The second-order valence-corrected chi connectivity index (χ2v) is 7.80. The Balaban J connectivity index is 2.00. The van der Waals surface area contributed by atoms with Crippen molar-refractivity contribution in [1.82, 2.24) is 10.2 Å². The Morgan fingerprint density at radius 3 is 2.70 bits per heavy atom. The first kappa shape index (κ1) is 16.0. The number of nitrogens with one attached hydrogen (secondary N) is 1. The van der Waals surface area contributed by atoms with Crippen LogP contribution in [0.1, 0.15) is 50.4 Å². The summed E-state index contributed by atoms with van der Waals surface area (Å²) in [7, 11) is 4.39. The highest BCUT2D eigenvalue weighted by molar-refractivity contribution is 7.10. The molecule has 0 radical (unpaired) electrons. The van der Waals surface area contributed by atoms with Gasteiger partial charge in [0.05, 0.1) is 0 Å². The van der Waals surface area contributed by atoms with Gasteiger partial charge >= 0.3 is 0 Å². The zero-order valence-electron chi connectivity index (χ0n) is 13.5. The summed E-state index contributed by atoms with van der Waals surface area (Å²) in [6.07, 6.45) is 5.53. The van der Waals surface area contributed by atoms with Gasteiger partial charge in [-0.05, 0) is 56.6 Å². The normalized spacial score (nSPS) is 28.8. The minimum Gasteiger partial charge on any atom is -0.319 e. The van der Waals surface area contributed by atoms with Crippen LogP contribution >= 0.6 is 11.3 Å². The zero-order chi connectivity index (χ0) is 14.6. The number of rotatable bonds is 6. The molecule has 3 heteroatoms. The van der Waals surface area contributed by atoms with Crippen LogP contribution in [0.2, 0.25) is 0 Å². The third-order valence-electron chi connectivity index (χ3n) is 5.09. The third kappa shape index (κ3) is 3.84. The summed E-state index contributed by atoms with van der Waals surface area (Å²) in [4.78, 5) is 4.04. The summed E-state index contributed by atoms with van der Waals surface area (Å²) in [6.45, 7) is 7.10. The quantitative estimate of drug-likeness (QED) is 0.847. The summed E-state index contributed by atoms with van der Waals surface area (Å²) in [5.74, 6) is 0.917. The summed E-state index contributed by atoms with van der Waals surface area (Å²) < 4.78 is 0. The largest absolute Gasteiger partial charge is 0.319 e. The van der Waals surface area contributed by atoms with E-state index in [2.05, 4.69) is 55.7 Å². The van der Waals surface area contributed by atoms with Gasteiger partial charge in [-0.3, -0.25) is 4.90 Å². The molecule has 0 aliphatic heterocycles. The predicted molar refractivity (Wildman–Crippen MR) is 89.4 cm³/mol. The van der Waals surface area contributed by atoms with Gasteiger partial charge in [0.15, 0.2) is 0 Å². The molecule has 1 atom stereocenters. The van der Waals surface area contributed by atoms with Crippen molar-refractivity contribution < 1.29 is 0 Å². The molecule has 0 saturated heterocycles. The molecular weight excluding hydrogens is 264 g/mol. The molecule has 1 aliphatic carbocycles. The van der Waals surface area contributed by atoms with Crippen LogP contribution in [0.5, 0.6) is 0 Å². The molecular formula is C17H30N2S. The van der Waals surface area contributed by atoms with Crippen LogP contribution in [0.3, 0.4) is 0 Å². The van der Waals surface area contributed by atoms with E-state index in [1.807, 2.05) is 11.3 Å². The van der Waals surface area contributed by atoms with E-state index in [0.717, 1.165) is 12.5 Å². The molecule has 0 bridgehead atoms. The maximum absolute atomic E-state index is 3.45. The van der Waals surface area contributed by atoms with Crippen molar-refractivity contribution in [3.63, 3.8) is 0 Å². The fourth-order valence-electron chi connectivity index (χ4n) is 3.55. The van der Waals surface area contributed by atoms with E-state index in [0.29, 0.717) is 11.5 Å². The maximum atomic E-state index is 3.45. The van der Waals surface area contributed by atoms with Crippen molar-refractivity contribution in [3.8, 4) is 0 Å². The highest BCUT2D eigenvalue weighted by Crippen LogP contribution is 2.40. The summed E-state index contributed by atoms with van der Waals surface area (Å²) in [5.41, 5.74) is 0.474. The molecule has 1 unspecified atom stereocenters. The minimum absolute atomic E-state index is 0.474. The van der Waals surface area contributed by atoms with Gasteiger partial charge in [-0.15, -0.1) is 11.3 Å². The maximum Gasteiger partial charge on any atom is 0.0410 e. The lowest BCUT2D eigenvalue weighted by atomic mass is 9.70. The van der Waals surface area contributed by atoms with Crippen LogP contribution in [0.15, 0.2) is 17.5 Å². The molecule has 2 nitrogen and oxygen atoms in total. The Morgan fingerprint density at radius 1 is 1.45 bits per heavy atom. The Labute approximate surface area is 128 Å². The first-order valence-corrected chi connectivity index (χ1v) is 8.82. The van der Waals surface area contributed by atoms with Crippen molar-refractivity contribution in [2.24, 2.45) is 11.3 Å². The lowest BCUT2D eigenvalue weighted by Crippen LogP contribution is -2.45. The molecule has 2 rings (SSSR count). The Kier molecular flexibility index (Phi) is 5.65. The van der Waals surface area contributed by atoms with Gasteiger partial charge in [0.1, 0.15) is 0 Å². The molecule has 1 saturated carbocycles. The second-order valence-electron chi connectivity index (χ2n) is 6.82. The van der Waals surface area contributed by atoms with Gasteiger partial charge in [-0.25, -0.2) is 0 Å². The number of hydrogen-bond donors (Lipinski definition) is 1. The summed E-state index contributed by atoms with van der Waals surface area (Å²) in [6, 6.07) is 4.96. The number of nitrogens with zero attached hydrogens (tertiary/aromatic N) is 1. The minimum atomic E-state index is 0.474. The van der Waals surface area contributed by atoms with E-state index in [1.54, 1.807) is 0 Å². The van der Waals surface area contributed by atoms with E-state index in [-0.39, 0.29) is 0 Å². The average Bonchev–Trinajstić information content (AvgIpc) is 2.95. The van der Waals surface area contributed by atoms with Crippen molar-refractivity contribution in [1.29, 1.82) is 0 Å². The molecule has 0 aromatic carbocycles. The van der Waals surface area contributed by atoms with Gasteiger partial charge in [0.25, 0.3) is 0 Å². The van der Waals surface area contributed by atoms with Gasteiger partial charge in [0.2, 0.25) is 0 Å². The van der Waals surface area contributed by atoms with Gasteiger partial charge in [0, 0.05) is 24.0 Å². The summed E-state index contributed by atoms with van der Waals surface area (Å²) in [5, 5.41) is 5.63. The monoisotopic (exact) mass is 294 g/mol. The van der Waals surface area contributed by atoms with Crippen LogP contribution in [-0.2, 0) is 0 Å². The van der Waals surface area contributed by atoms with E-state index in [9.17, 15) is 0 Å². The number of thiophene rings is 1. The van der Waals surface area contributed by atoms with E-state index < -0.39 is 0 Å². The molecule has 0 spiro atoms. The van der Waals surface area contributed by atoms with Crippen molar-refractivity contribution in [3.05, 3.63) is 22.4 Å². The molecule has 0 amide bonds. The Hall–Kier alpha value is -0.380. The lowest BCUT2D eigenvalue weighted by molar-refractivity contribution is 0.0845. The van der Waals surface area contributed by atoms with Crippen LogP contribution in [0.4, 0.5) is 0 Å². The molecule has 1 fully saturated rings. The fourth-order valence-corrected chi connectivity index (χ4v) is 4.40. The standard InChI is InChI=1S/C17H30N2S/c1-14-7-9-17(10-8-14,12-18-3)13-19(4)15(2)16-6-5-11-20-16/h5-6,11,14-15,18H,7-10,12-13H2,1-4H3. The third-order valence-corrected chi connectivity index (χ3v) is 6.13. The molecule has 114 valence electrons. The fraction of sp³-hybridized carbons (Fsp3) is 0.765. The molecule has 1 N–H and O–H groups in total. The molecule has 1 aromatic heterocycles. The van der Waals surface area contributed by atoms with E-state index in [1.165, 1.54) is 37.1 Å². The predicted octanol–water partition coefficient (Wildman–Crippen LogP) is 4.16. The van der Waals surface area contributed by atoms with Gasteiger partial charge < -0.3 is 5.32 Å². The Bertz CT molecular complexity index is 380. The van der Waals surface area contributed by atoms with Crippen molar-refractivity contribution in [2.45, 2.75) is 45.6 Å². The first-order chi connectivity index (χ1) is 9.56. The van der Waals surface area contributed by atoms with E-state index in [4.69, 9.17) is 0 Å². The SMILES string of the molecule is CNCC1(CN(C)C(C)c2cccs2)CCC(C)CC1. The van der Waals surface area contributed by atoms with Crippen LogP contribution in [0, 0.1) is 11.3 Å². The van der Waals surface area contributed by atoms with Crippen LogP contribution < -0.4 is 5.32 Å². The average molecular weight is 295 g/mol. The van der Waals surface area contributed by atoms with Crippen LogP contribution in [-0.4, -0.2) is 32.1 Å². The topological polar surface area (TPSA) is 15.3 Å². The molecule has 1 aromatic rings. The zero-order valence-corrected chi connectivity index (χ0v) is 14.3. The molecule has 1 heterocycles. The van der Waals surface area contributed by atoms with Crippen molar-refractivity contribution in [2.75, 3.05) is 27.2 Å². The van der Waals surface area contributed by atoms with Crippen molar-refractivity contribution >= 4 is 11.3 Å². The molecule has 1 aliphatic rings. The van der Waals surface area contributed by atoms with Crippen LogP contribution in [0.25, 0.3) is 0 Å². The first-order valence-electron chi connectivity index (χ1n) is 7.94. The highest BCUT2D eigenvalue weighted by Gasteiger charge is 2.35. The Morgan fingerprint density at radius 2 is 2.15 bits per heavy atom.